The van der Waals surface area contributed by atoms with Crippen molar-refractivity contribution < 1.29 is 9.53 Å². The highest BCUT2D eigenvalue weighted by atomic mass is 16.5. The van der Waals surface area contributed by atoms with Crippen LogP contribution in [0.15, 0.2) is 12.3 Å². The molecule has 0 atom stereocenters. The number of hydrogen-bond donors (Lipinski definition) is 0. The maximum Gasteiger partial charge on any atom is 0.325 e. The molecule has 0 radical (unpaired) electrons. The molecule has 0 saturated carbocycles. The third-order valence-electron chi connectivity index (χ3n) is 1.69. The quantitative estimate of drug-likeness (QED) is 0.645. The van der Waals surface area contributed by atoms with Crippen LogP contribution in [0.2, 0.25) is 0 Å². The van der Waals surface area contributed by atoms with E-state index >= 15 is 0 Å². The minimum absolute atomic E-state index is 0.0470. The van der Waals surface area contributed by atoms with Gasteiger partial charge in [-0.05, 0) is 6.07 Å². The van der Waals surface area contributed by atoms with Crippen molar-refractivity contribution in [1.82, 2.24) is 9.97 Å². The van der Waals surface area contributed by atoms with Gasteiger partial charge in [0.25, 0.3) is 0 Å². The number of aromatic nitrogens is 2. The molecule has 1 rings (SSSR count). The largest absolute Gasteiger partial charge is 0.468 e. The summed E-state index contributed by atoms with van der Waals surface area (Å²) in [7, 11) is 2.95. The molecular formula is C9H10N4O2. The molecule has 78 valence electrons. The smallest absolute Gasteiger partial charge is 0.325 e. The number of nitriles is 1. The Morgan fingerprint density at radius 3 is 3.07 bits per heavy atom. The second-order valence-corrected chi connectivity index (χ2v) is 2.79. The Kier molecular flexibility index (Phi) is 3.57. The minimum atomic E-state index is -0.386. The number of esters is 1. The Bertz CT molecular complexity index is 399. The fraction of sp³-hybridized carbons (Fsp3) is 0.333. The molecule has 0 unspecified atom stereocenters. The van der Waals surface area contributed by atoms with Crippen molar-refractivity contribution in [2.45, 2.75) is 0 Å². The summed E-state index contributed by atoms with van der Waals surface area (Å²) in [4.78, 5) is 20.3. The molecule has 1 aromatic heterocycles. The van der Waals surface area contributed by atoms with Gasteiger partial charge in [0.15, 0.2) is 0 Å². The SMILES string of the molecule is COC(=O)CN(C)c1nccc(C#N)n1. The molecule has 0 aliphatic carbocycles. The standard InChI is InChI=1S/C9H10N4O2/c1-13(6-8(14)15-2)9-11-4-3-7(5-10)12-9/h3-4H,6H2,1-2H3. The van der Waals surface area contributed by atoms with Gasteiger partial charge in [0.05, 0.1) is 7.11 Å². The fourth-order valence-corrected chi connectivity index (χ4v) is 0.923. The van der Waals surface area contributed by atoms with Gasteiger partial charge in [-0.2, -0.15) is 5.26 Å². The van der Waals surface area contributed by atoms with Crippen LogP contribution in [0, 0.1) is 11.3 Å². The van der Waals surface area contributed by atoms with Crippen molar-refractivity contribution in [1.29, 1.82) is 5.26 Å². The van der Waals surface area contributed by atoms with Gasteiger partial charge in [-0.3, -0.25) is 4.79 Å². The third kappa shape index (κ3) is 2.91. The van der Waals surface area contributed by atoms with Gasteiger partial charge >= 0.3 is 5.97 Å². The van der Waals surface area contributed by atoms with Crippen molar-refractivity contribution in [3.8, 4) is 6.07 Å². The zero-order valence-corrected chi connectivity index (χ0v) is 8.47. The Balaban J connectivity index is 2.78. The second kappa shape index (κ2) is 4.91. The normalized spacial score (nSPS) is 9.13. The van der Waals surface area contributed by atoms with Gasteiger partial charge < -0.3 is 9.64 Å². The van der Waals surface area contributed by atoms with Crippen LogP contribution in [-0.2, 0) is 9.53 Å². The highest BCUT2D eigenvalue weighted by molar-refractivity contribution is 5.74. The molecule has 1 aromatic rings. The van der Waals surface area contributed by atoms with Crippen molar-refractivity contribution >= 4 is 11.9 Å². The van der Waals surface area contributed by atoms with Gasteiger partial charge in [-0.1, -0.05) is 0 Å². The predicted octanol–water partition coefficient (Wildman–Crippen LogP) is -0.0425. The molecule has 1 heterocycles. The lowest BCUT2D eigenvalue weighted by atomic mass is 10.4. The molecule has 0 fully saturated rings. The molecule has 0 N–H and O–H groups in total. The average molecular weight is 206 g/mol. The van der Waals surface area contributed by atoms with Crippen LogP contribution in [-0.4, -0.2) is 36.6 Å². The summed E-state index contributed by atoms with van der Waals surface area (Å²) in [5.41, 5.74) is 0.261. The summed E-state index contributed by atoms with van der Waals surface area (Å²) in [6.45, 7) is 0.0470. The molecule has 0 amide bonds. The molecular weight excluding hydrogens is 196 g/mol. The molecule has 6 heteroatoms. The lowest BCUT2D eigenvalue weighted by Crippen LogP contribution is -2.28. The number of rotatable bonds is 3. The van der Waals surface area contributed by atoms with E-state index in [-0.39, 0.29) is 18.2 Å². The van der Waals surface area contributed by atoms with E-state index in [1.165, 1.54) is 24.3 Å². The number of nitrogens with zero attached hydrogens (tertiary/aromatic N) is 4. The van der Waals surface area contributed by atoms with Gasteiger partial charge in [0.1, 0.15) is 18.3 Å². The van der Waals surface area contributed by atoms with Crippen molar-refractivity contribution in [2.24, 2.45) is 0 Å². The maximum absolute atomic E-state index is 11.0. The first-order chi connectivity index (χ1) is 7.17. The zero-order chi connectivity index (χ0) is 11.3. The van der Waals surface area contributed by atoms with Crippen LogP contribution in [0.25, 0.3) is 0 Å². The van der Waals surface area contributed by atoms with E-state index in [9.17, 15) is 4.79 Å². The summed E-state index contributed by atoms with van der Waals surface area (Å²) >= 11 is 0. The lowest BCUT2D eigenvalue weighted by Gasteiger charge is -2.14. The van der Waals surface area contributed by atoms with E-state index in [1.54, 1.807) is 7.05 Å². The van der Waals surface area contributed by atoms with Crippen LogP contribution < -0.4 is 4.90 Å². The van der Waals surface area contributed by atoms with Gasteiger partial charge in [0, 0.05) is 13.2 Å². The summed E-state index contributed by atoms with van der Waals surface area (Å²) in [6, 6.07) is 3.39. The van der Waals surface area contributed by atoms with Crippen LogP contribution in [0.5, 0.6) is 0 Å². The number of anilines is 1. The van der Waals surface area contributed by atoms with E-state index in [0.29, 0.717) is 5.95 Å². The number of hydrogen-bond acceptors (Lipinski definition) is 6. The van der Waals surface area contributed by atoms with Crippen LogP contribution in [0.1, 0.15) is 5.69 Å². The second-order valence-electron chi connectivity index (χ2n) is 2.79. The van der Waals surface area contributed by atoms with Gasteiger partial charge in [-0.25, -0.2) is 9.97 Å². The van der Waals surface area contributed by atoms with Gasteiger partial charge in [-0.15, -0.1) is 0 Å². The molecule has 15 heavy (non-hydrogen) atoms. The number of methoxy groups -OCH3 is 1. The van der Waals surface area contributed by atoms with E-state index in [4.69, 9.17) is 5.26 Å². The average Bonchev–Trinajstić information content (AvgIpc) is 2.28. The van der Waals surface area contributed by atoms with Crippen molar-refractivity contribution in [3.63, 3.8) is 0 Å². The van der Waals surface area contributed by atoms with E-state index < -0.39 is 0 Å². The Labute approximate surface area is 87.1 Å². The van der Waals surface area contributed by atoms with E-state index in [1.807, 2.05) is 6.07 Å². The Morgan fingerprint density at radius 2 is 2.47 bits per heavy atom. The first-order valence-corrected chi connectivity index (χ1v) is 4.18. The first-order valence-electron chi connectivity index (χ1n) is 4.18. The summed E-state index contributed by atoms with van der Waals surface area (Å²) in [5.74, 6) is -0.0667. The van der Waals surface area contributed by atoms with Crippen LogP contribution >= 0.6 is 0 Å². The third-order valence-corrected chi connectivity index (χ3v) is 1.69. The molecule has 0 aromatic carbocycles. The predicted molar refractivity (Wildman–Crippen MR) is 52.0 cm³/mol. The van der Waals surface area contributed by atoms with Crippen LogP contribution in [0.4, 0.5) is 5.95 Å². The van der Waals surface area contributed by atoms with E-state index in [0.717, 1.165) is 0 Å². The summed E-state index contributed by atoms with van der Waals surface area (Å²) in [6.07, 6.45) is 1.47. The zero-order valence-electron chi connectivity index (χ0n) is 8.47. The van der Waals surface area contributed by atoms with E-state index in [2.05, 4.69) is 14.7 Å². The highest BCUT2D eigenvalue weighted by Gasteiger charge is 2.09. The Morgan fingerprint density at radius 1 is 1.73 bits per heavy atom. The fourth-order valence-electron chi connectivity index (χ4n) is 0.923. The van der Waals surface area contributed by atoms with Crippen molar-refractivity contribution in [2.75, 3.05) is 25.6 Å². The number of ether oxygens (including phenoxy) is 1. The lowest BCUT2D eigenvalue weighted by molar-refractivity contribution is -0.138. The monoisotopic (exact) mass is 206 g/mol. The van der Waals surface area contributed by atoms with Gasteiger partial charge in [0.2, 0.25) is 5.95 Å². The van der Waals surface area contributed by atoms with Crippen LogP contribution in [0.3, 0.4) is 0 Å². The number of carbonyl (C=O) groups is 1. The topological polar surface area (TPSA) is 79.1 Å². The molecule has 0 aliphatic rings. The molecule has 0 saturated heterocycles. The van der Waals surface area contributed by atoms with Crippen molar-refractivity contribution in [3.05, 3.63) is 18.0 Å². The molecule has 6 nitrogen and oxygen atoms in total. The summed E-state index contributed by atoms with van der Waals surface area (Å²) in [5, 5.41) is 8.62. The number of likely N-dealkylation sites (N-methyl/N-ethyl adjacent to an activating group) is 1. The molecule has 0 aliphatic heterocycles. The highest BCUT2D eigenvalue weighted by Crippen LogP contribution is 2.04. The summed E-state index contributed by atoms with van der Waals surface area (Å²) < 4.78 is 4.50. The maximum atomic E-state index is 11.0. The molecule has 0 spiro atoms. The number of carbonyl (C=O) groups excluding carboxylic acids is 1. The molecule has 0 bridgehead atoms. The Hall–Kier alpha value is -2.16. The first kappa shape index (κ1) is 10.9. The minimum Gasteiger partial charge on any atom is -0.468 e.